The molecule has 0 unspecified atom stereocenters. The monoisotopic (exact) mass is 296 g/mol. The molecule has 0 saturated carbocycles. The first-order valence-electron chi connectivity index (χ1n) is 9.68. The summed E-state index contributed by atoms with van der Waals surface area (Å²) in [5, 5.41) is 3.56. The maximum Gasteiger partial charge on any atom is 0.0182 e. The first-order chi connectivity index (χ1) is 10.2. The largest absolute Gasteiger partial charge is 0.315 e. The molecule has 0 amide bonds. The Morgan fingerprint density at radius 3 is 2.00 bits per heavy atom. The van der Waals surface area contributed by atoms with Gasteiger partial charge in [-0.1, -0.05) is 65.2 Å². The summed E-state index contributed by atoms with van der Waals surface area (Å²) < 4.78 is 0. The van der Waals surface area contributed by atoms with Gasteiger partial charge in [-0.2, -0.15) is 0 Å². The minimum Gasteiger partial charge on any atom is -0.315 e. The molecule has 1 N–H and O–H groups in total. The van der Waals surface area contributed by atoms with Crippen LogP contribution in [0.25, 0.3) is 0 Å². The fourth-order valence-corrected chi connectivity index (χ4v) is 3.69. The predicted molar refractivity (Wildman–Crippen MR) is 95.0 cm³/mol. The highest BCUT2D eigenvalue weighted by Gasteiger charge is 2.30. The lowest BCUT2D eigenvalue weighted by Gasteiger charge is -2.41. The quantitative estimate of drug-likeness (QED) is 0.541. The average molecular weight is 297 g/mol. The molecule has 0 bridgehead atoms. The summed E-state index contributed by atoms with van der Waals surface area (Å²) in [6.07, 6.45) is 15.3. The summed E-state index contributed by atoms with van der Waals surface area (Å²) in [5.74, 6) is 0. The van der Waals surface area contributed by atoms with E-state index >= 15 is 0 Å². The van der Waals surface area contributed by atoms with Gasteiger partial charge >= 0.3 is 0 Å². The van der Waals surface area contributed by atoms with Crippen molar-refractivity contribution in [3.05, 3.63) is 0 Å². The molecule has 1 rings (SSSR count). The van der Waals surface area contributed by atoms with Crippen LogP contribution < -0.4 is 5.32 Å². The first kappa shape index (κ1) is 19.0. The molecule has 0 radical (unpaired) electrons. The van der Waals surface area contributed by atoms with Crippen LogP contribution in [-0.2, 0) is 0 Å². The maximum atomic E-state index is 3.56. The van der Waals surface area contributed by atoms with Crippen LogP contribution >= 0.6 is 0 Å². The molecule has 0 spiro atoms. The summed E-state index contributed by atoms with van der Waals surface area (Å²) in [5.41, 5.74) is 0.452. The second-order valence-corrected chi connectivity index (χ2v) is 7.21. The smallest absolute Gasteiger partial charge is 0.0182 e. The lowest BCUT2D eigenvalue weighted by Crippen LogP contribution is -2.48. The molecule has 0 aromatic carbocycles. The Kier molecular flexibility index (Phi) is 10.4. The van der Waals surface area contributed by atoms with E-state index in [0.717, 1.165) is 0 Å². The fourth-order valence-electron chi connectivity index (χ4n) is 3.69. The molecule has 0 aromatic rings. The van der Waals surface area contributed by atoms with E-state index in [-0.39, 0.29) is 0 Å². The van der Waals surface area contributed by atoms with Crippen molar-refractivity contribution in [2.24, 2.45) is 0 Å². The zero-order valence-corrected chi connectivity index (χ0v) is 15.1. The molecule has 1 fully saturated rings. The Labute approximate surface area is 134 Å². The number of unbranched alkanes of at least 4 members (excludes halogenated alkanes) is 6. The van der Waals surface area contributed by atoms with Gasteiger partial charge in [-0.25, -0.2) is 0 Å². The molecule has 0 aromatic heterocycles. The lowest BCUT2D eigenvalue weighted by molar-refractivity contribution is 0.0869. The molecule has 0 aliphatic carbocycles. The molecule has 1 aliphatic heterocycles. The van der Waals surface area contributed by atoms with Gasteiger partial charge in [-0.15, -0.1) is 0 Å². The highest BCUT2D eigenvalue weighted by molar-refractivity contribution is 4.88. The van der Waals surface area contributed by atoms with Gasteiger partial charge < -0.3 is 5.32 Å². The molecular weight excluding hydrogens is 256 g/mol. The number of nitrogens with one attached hydrogen (secondary N) is 1. The molecule has 0 atom stereocenters. The van der Waals surface area contributed by atoms with E-state index in [1.165, 1.54) is 96.8 Å². The van der Waals surface area contributed by atoms with Crippen molar-refractivity contribution >= 4 is 0 Å². The van der Waals surface area contributed by atoms with Crippen molar-refractivity contribution in [2.75, 3.05) is 26.2 Å². The van der Waals surface area contributed by atoms with Gasteiger partial charge in [0.25, 0.3) is 0 Å². The molecule has 2 nitrogen and oxygen atoms in total. The van der Waals surface area contributed by atoms with Gasteiger partial charge in [0.1, 0.15) is 0 Å². The van der Waals surface area contributed by atoms with E-state index in [9.17, 15) is 0 Å². The average Bonchev–Trinajstić information content (AvgIpc) is 2.78. The standard InChI is InChI=1S/C19H40N2/c1-4-6-8-10-13-19(3,14-11-9-7-5-2)21-17-12-15-20-16-18-21/h20H,4-18H2,1-3H3. The molecule has 2 heteroatoms. The molecule has 21 heavy (non-hydrogen) atoms. The second kappa shape index (κ2) is 11.5. The van der Waals surface area contributed by atoms with Gasteiger partial charge in [-0.3, -0.25) is 4.90 Å². The normalized spacial score (nSPS) is 17.9. The van der Waals surface area contributed by atoms with Crippen LogP contribution in [0, 0.1) is 0 Å². The zero-order chi connectivity index (χ0) is 15.4. The molecule has 1 saturated heterocycles. The number of hydrogen-bond acceptors (Lipinski definition) is 2. The second-order valence-electron chi connectivity index (χ2n) is 7.21. The Morgan fingerprint density at radius 1 is 0.810 bits per heavy atom. The zero-order valence-electron chi connectivity index (χ0n) is 15.1. The summed E-state index contributed by atoms with van der Waals surface area (Å²) in [7, 11) is 0. The van der Waals surface area contributed by atoms with Crippen LogP contribution in [0.4, 0.5) is 0 Å². The molecule has 1 aliphatic rings. The van der Waals surface area contributed by atoms with Gasteiger partial charge in [-0.05, 0) is 39.3 Å². The van der Waals surface area contributed by atoms with Crippen molar-refractivity contribution in [2.45, 2.75) is 96.9 Å². The van der Waals surface area contributed by atoms with E-state index in [1.54, 1.807) is 0 Å². The Morgan fingerprint density at radius 2 is 1.43 bits per heavy atom. The predicted octanol–water partition coefficient (Wildman–Crippen LogP) is 4.98. The number of hydrogen-bond donors (Lipinski definition) is 1. The Hall–Kier alpha value is -0.0800. The van der Waals surface area contributed by atoms with Gasteiger partial charge in [0.05, 0.1) is 0 Å². The first-order valence-corrected chi connectivity index (χ1v) is 9.68. The number of rotatable bonds is 11. The van der Waals surface area contributed by atoms with E-state index < -0.39 is 0 Å². The van der Waals surface area contributed by atoms with E-state index in [1.807, 2.05) is 0 Å². The SMILES string of the molecule is CCCCCCC(C)(CCCCCC)N1CCCNCC1. The maximum absolute atomic E-state index is 3.56. The van der Waals surface area contributed by atoms with Crippen LogP contribution in [-0.4, -0.2) is 36.6 Å². The van der Waals surface area contributed by atoms with Crippen molar-refractivity contribution in [1.29, 1.82) is 0 Å². The van der Waals surface area contributed by atoms with Crippen LogP contribution in [0.2, 0.25) is 0 Å². The van der Waals surface area contributed by atoms with Crippen LogP contribution in [0.15, 0.2) is 0 Å². The third kappa shape index (κ3) is 7.65. The summed E-state index contributed by atoms with van der Waals surface area (Å²) in [4.78, 5) is 2.81. The number of nitrogens with zero attached hydrogens (tertiary/aromatic N) is 1. The van der Waals surface area contributed by atoms with Gasteiger partial charge in [0.15, 0.2) is 0 Å². The van der Waals surface area contributed by atoms with E-state index in [0.29, 0.717) is 5.54 Å². The summed E-state index contributed by atoms with van der Waals surface area (Å²) >= 11 is 0. The molecule has 126 valence electrons. The molecular formula is C19H40N2. The topological polar surface area (TPSA) is 15.3 Å². The highest BCUT2D eigenvalue weighted by Crippen LogP contribution is 2.29. The lowest BCUT2D eigenvalue weighted by atomic mass is 9.86. The Balaban J connectivity index is 2.48. The van der Waals surface area contributed by atoms with Crippen LogP contribution in [0.1, 0.15) is 91.4 Å². The third-order valence-electron chi connectivity index (χ3n) is 5.24. The van der Waals surface area contributed by atoms with Crippen molar-refractivity contribution in [3.63, 3.8) is 0 Å². The Bertz CT molecular complexity index is 220. The minimum atomic E-state index is 0.452. The van der Waals surface area contributed by atoms with E-state index in [4.69, 9.17) is 0 Å². The van der Waals surface area contributed by atoms with Crippen molar-refractivity contribution in [3.8, 4) is 0 Å². The summed E-state index contributed by atoms with van der Waals surface area (Å²) in [6.45, 7) is 12.1. The summed E-state index contributed by atoms with van der Waals surface area (Å²) in [6, 6.07) is 0. The van der Waals surface area contributed by atoms with E-state index in [2.05, 4.69) is 31.0 Å². The minimum absolute atomic E-state index is 0.452. The third-order valence-corrected chi connectivity index (χ3v) is 5.24. The highest BCUT2D eigenvalue weighted by atomic mass is 15.2. The fraction of sp³-hybridized carbons (Fsp3) is 1.00. The van der Waals surface area contributed by atoms with Crippen LogP contribution in [0.5, 0.6) is 0 Å². The van der Waals surface area contributed by atoms with Crippen LogP contribution in [0.3, 0.4) is 0 Å². The molecule has 1 heterocycles. The van der Waals surface area contributed by atoms with Gasteiger partial charge in [0.2, 0.25) is 0 Å². The van der Waals surface area contributed by atoms with Crippen molar-refractivity contribution in [1.82, 2.24) is 10.2 Å². The van der Waals surface area contributed by atoms with Gasteiger partial charge in [0, 0.05) is 18.6 Å². The van der Waals surface area contributed by atoms with Crippen molar-refractivity contribution < 1.29 is 0 Å².